The summed E-state index contributed by atoms with van der Waals surface area (Å²) in [5.74, 6) is 3.13. The summed E-state index contributed by atoms with van der Waals surface area (Å²) >= 11 is 0. The molecule has 4 rings (SSSR count). The maximum absolute atomic E-state index is 6.59. The van der Waals surface area contributed by atoms with Crippen LogP contribution in [0.5, 0.6) is 5.75 Å². The molecule has 1 aromatic carbocycles. The summed E-state index contributed by atoms with van der Waals surface area (Å²) in [6.07, 6.45) is 3.96. The number of morpholine rings is 1. The van der Waals surface area contributed by atoms with E-state index in [-0.39, 0.29) is 0 Å². The molecule has 0 spiro atoms. The van der Waals surface area contributed by atoms with Crippen LogP contribution in [0.2, 0.25) is 0 Å². The zero-order chi connectivity index (χ0) is 20.9. The van der Waals surface area contributed by atoms with Crippen LogP contribution in [0, 0.1) is 0 Å². The first kappa shape index (κ1) is 20.4. The molecule has 2 saturated heterocycles. The molecular weight excluding hydrogens is 380 g/mol. The summed E-state index contributed by atoms with van der Waals surface area (Å²) in [5, 5.41) is 0. The van der Waals surface area contributed by atoms with Gasteiger partial charge in [0, 0.05) is 39.3 Å². The number of rotatable bonds is 5. The molecule has 1 aromatic heterocycles. The lowest BCUT2D eigenvalue weighted by molar-refractivity contribution is 0.122. The van der Waals surface area contributed by atoms with E-state index in [1.807, 2.05) is 36.4 Å². The molecule has 0 unspecified atom stereocenters. The predicted molar refractivity (Wildman–Crippen MR) is 121 cm³/mol. The van der Waals surface area contributed by atoms with Crippen LogP contribution in [-0.4, -0.2) is 81.5 Å². The highest BCUT2D eigenvalue weighted by atomic mass is 16.5. The van der Waals surface area contributed by atoms with E-state index in [0.717, 1.165) is 62.2 Å². The largest absolute Gasteiger partial charge is 0.497 e. The fourth-order valence-electron chi connectivity index (χ4n) is 3.70. The molecule has 8 heteroatoms. The maximum Gasteiger partial charge on any atom is 0.158 e. The number of likely N-dealkylation sites (N-methyl/N-ethyl adjacent to an activating group) is 1. The lowest BCUT2D eigenvalue weighted by Crippen LogP contribution is -2.45. The number of nitrogens with two attached hydrogens (primary N) is 1. The van der Waals surface area contributed by atoms with E-state index in [4.69, 9.17) is 25.2 Å². The highest BCUT2D eigenvalue weighted by Gasteiger charge is 2.24. The second-order valence-electron chi connectivity index (χ2n) is 7.64. The van der Waals surface area contributed by atoms with Gasteiger partial charge in [-0.05, 0) is 30.8 Å². The van der Waals surface area contributed by atoms with E-state index in [1.54, 1.807) is 7.11 Å². The van der Waals surface area contributed by atoms with Crippen LogP contribution < -0.4 is 20.3 Å². The number of benzene rings is 1. The van der Waals surface area contributed by atoms with Crippen LogP contribution >= 0.6 is 0 Å². The summed E-state index contributed by atoms with van der Waals surface area (Å²) in [5.41, 5.74) is 8.30. The molecule has 2 fully saturated rings. The van der Waals surface area contributed by atoms with Crippen LogP contribution in [0.4, 0.5) is 17.3 Å². The van der Waals surface area contributed by atoms with Crippen LogP contribution in [0.1, 0.15) is 11.4 Å². The molecule has 2 aliphatic rings. The predicted octanol–water partition coefficient (Wildman–Crippen LogP) is 1.83. The Labute approximate surface area is 177 Å². The minimum Gasteiger partial charge on any atom is -0.497 e. The Kier molecular flexibility index (Phi) is 6.35. The van der Waals surface area contributed by atoms with Crippen molar-refractivity contribution in [1.29, 1.82) is 0 Å². The van der Waals surface area contributed by atoms with Gasteiger partial charge in [-0.15, -0.1) is 0 Å². The van der Waals surface area contributed by atoms with Crippen molar-refractivity contribution in [2.75, 3.05) is 82.2 Å². The van der Waals surface area contributed by atoms with Gasteiger partial charge in [0.15, 0.2) is 17.5 Å². The van der Waals surface area contributed by atoms with Gasteiger partial charge >= 0.3 is 0 Å². The lowest BCUT2D eigenvalue weighted by atomic mass is 10.2. The van der Waals surface area contributed by atoms with Crippen LogP contribution in [-0.2, 0) is 4.74 Å². The smallest absolute Gasteiger partial charge is 0.158 e. The first-order valence-corrected chi connectivity index (χ1v) is 10.4. The summed E-state index contributed by atoms with van der Waals surface area (Å²) in [4.78, 5) is 16.4. The Hall–Kier alpha value is -2.84. The molecule has 0 saturated carbocycles. The second kappa shape index (κ2) is 9.32. The molecular formula is C22H30N6O2. The summed E-state index contributed by atoms with van der Waals surface area (Å²) in [6, 6.07) is 7.91. The molecule has 0 amide bonds. The molecule has 30 heavy (non-hydrogen) atoms. The monoisotopic (exact) mass is 410 g/mol. The summed E-state index contributed by atoms with van der Waals surface area (Å²) in [7, 11) is 3.81. The minimum atomic E-state index is 0.656. The van der Waals surface area contributed by atoms with Gasteiger partial charge in [-0.2, -0.15) is 0 Å². The fraction of sp³-hybridized carbons (Fsp3) is 0.455. The molecule has 8 nitrogen and oxygen atoms in total. The number of hydrogen-bond acceptors (Lipinski definition) is 8. The molecule has 0 radical (unpaired) electrons. The quantitative estimate of drug-likeness (QED) is 0.800. The molecule has 2 N–H and O–H groups in total. The first-order valence-electron chi connectivity index (χ1n) is 10.4. The van der Waals surface area contributed by atoms with E-state index >= 15 is 0 Å². The number of piperazine rings is 1. The number of hydrogen-bond donors (Lipinski definition) is 1. The number of nitrogens with zero attached hydrogens (tertiary/aromatic N) is 5. The third-order valence-electron chi connectivity index (χ3n) is 5.58. The second-order valence-corrected chi connectivity index (χ2v) is 7.64. The van der Waals surface area contributed by atoms with Crippen LogP contribution in [0.3, 0.4) is 0 Å². The Bertz CT molecular complexity index is 872. The summed E-state index contributed by atoms with van der Waals surface area (Å²) in [6.45, 7) is 6.73. The fourth-order valence-corrected chi connectivity index (χ4v) is 3.70. The van der Waals surface area contributed by atoms with E-state index in [0.29, 0.717) is 24.7 Å². The topological polar surface area (TPSA) is 80.0 Å². The van der Waals surface area contributed by atoms with Gasteiger partial charge in [-0.3, -0.25) is 0 Å². The minimum absolute atomic E-state index is 0.656. The Morgan fingerprint density at radius 3 is 2.10 bits per heavy atom. The van der Waals surface area contributed by atoms with Gasteiger partial charge in [-0.25, -0.2) is 9.97 Å². The number of nitrogen functional groups attached to an aromatic ring is 1. The van der Waals surface area contributed by atoms with Gasteiger partial charge in [-0.1, -0.05) is 18.2 Å². The van der Waals surface area contributed by atoms with Crippen molar-refractivity contribution in [3.8, 4) is 5.75 Å². The zero-order valence-electron chi connectivity index (χ0n) is 17.8. The average molecular weight is 411 g/mol. The molecule has 2 aromatic rings. The molecule has 2 aliphatic heterocycles. The Morgan fingerprint density at radius 2 is 1.50 bits per heavy atom. The van der Waals surface area contributed by atoms with Crippen molar-refractivity contribution >= 4 is 29.5 Å². The van der Waals surface area contributed by atoms with Gasteiger partial charge in [0.1, 0.15) is 11.4 Å². The molecule has 3 heterocycles. The molecule has 0 atom stereocenters. The number of methoxy groups -OCH3 is 1. The van der Waals surface area contributed by atoms with Gasteiger partial charge in [0.25, 0.3) is 0 Å². The third kappa shape index (κ3) is 4.66. The van der Waals surface area contributed by atoms with Gasteiger partial charge < -0.3 is 29.9 Å². The van der Waals surface area contributed by atoms with Crippen LogP contribution in [0.25, 0.3) is 12.2 Å². The van der Waals surface area contributed by atoms with Crippen molar-refractivity contribution in [2.45, 2.75) is 0 Å². The van der Waals surface area contributed by atoms with Gasteiger partial charge in [0.05, 0.1) is 20.3 Å². The van der Waals surface area contributed by atoms with E-state index in [1.165, 1.54) is 0 Å². The van der Waals surface area contributed by atoms with Crippen molar-refractivity contribution in [3.05, 3.63) is 35.7 Å². The Morgan fingerprint density at radius 1 is 0.900 bits per heavy atom. The van der Waals surface area contributed by atoms with Crippen molar-refractivity contribution < 1.29 is 9.47 Å². The average Bonchev–Trinajstić information content (AvgIpc) is 2.80. The van der Waals surface area contributed by atoms with Crippen LogP contribution in [0.15, 0.2) is 24.3 Å². The first-order chi connectivity index (χ1) is 14.6. The lowest BCUT2D eigenvalue weighted by Gasteiger charge is -2.35. The van der Waals surface area contributed by atoms with Gasteiger partial charge in [0.2, 0.25) is 0 Å². The zero-order valence-corrected chi connectivity index (χ0v) is 17.8. The molecule has 0 aliphatic carbocycles. The van der Waals surface area contributed by atoms with Crippen molar-refractivity contribution in [2.24, 2.45) is 0 Å². The third-order valence-corrected chi connectivity index (χ3v) is 5.58. The SMILES string of the molecule is COc1ccc(C=Cc2nc(N3CCOCC3)c(N)c(N3CCN(C)CC3)n2)cc1. The maximum atomic E-state index is 6.59. The Balaban J connectivity index is 1.65. The number of ether oxygens (including phenoxy) is 2. The van der Waals surface area contributed by atoms with Crippen molar-refractivity contribution in [1.82, 2.24) is 14.9 Å². The highest BCUT2D eigenvalue weighted by Crippen LogP contribution is 2.31. The number of aromatic nitrogens is 2. The van der Waals surface area contributed by atoms with E-state index < -0.39 is 0 Å². The highest BCUT2D eigenvalue weighted by molar-refractivity contribution is 5.79. The van der Waals surface area contributed by atoms with E-state index in [9.17, 15) is 0 Å². The molecule has 160 valence electrons. The van der Waals surface area contributed by atoms with E-state index in [2.05, 4.69) is 21.7 Å². The summed E-state index contributed by atoms with van der Waals surface area (Å²) < 4.78 is 10.7. The normalized spacial score (nSPS) is 18.2. The molecule has 0 bridgehead atoms. The number of anilines is 3. The standard InChI is InChI=1S/C22H30N6O2/c1-26-9-11-27(12-10-26)21-20(23)22(28-13-15-30-16-14-28)25-19(24-21)8-5-17-3-6-18(29-2)7-4-17/h3-8H,9-16,23H2,1-2H3. The van der Waals surface area contributed by atoms with Crippen molar-refractivity contribution in [3.63, 3.8) is 0 Å².